The van der Waals surface area contributed by atoms with E-state index in [1.165, 1.54) is 4.88 Å². The molecular formula is C14H23ClN2OS. The molecule has 1 N–H and O–H groups in total. The summed E-state index contributed by atoms with van der Waals surface area (Å²) in [4.78, 5) is 3.65. The summed E-state index contributed by atoms with van der Waals surface area (Å²) in [5.41, 5.74) is 0. The van der Waals surface area contributed by atoms with E-state index in [9.17, 15) is 0 Å². The minimum Gasteiger partial charge on any atom is -0.374 e. The van der Waals surface area contributed by atoms with Gasteiger partial charge in [0.05, 0.1) is 23.8 Å². The Hall–Kier alpha value is -0.130. The van der Waals surface area contributed by atoms with E-state index in [0.29, 0.717) is 0 Å². The summed E-state index contributed by atoms with van der Waals surface area (Å²) in [7, 11) is 0. The number of ether oxygens (including phenoxy) is 1. The molecule has 1 aliphatic heterocycles. The van der Waals surface area contributed by atoms with Crippen molar-refractivity contribution in [2.24, 2.45) is 0 Å². The van der Waals surface area contributed by atoms with E-state index in [0.717, 1.165) is 44.2 Å². The highest BCUT2D eigenvalue weighted by Crippen LogP contribution is 2.32. The number of halogens is 1. The highest BCUT2D eigenvalue weighted by atomic mass is 35.5. The summed E-state index contributed by atoms with van der Waals surface area (Å²) in [5, 5.41) is 6.51. The average molecular weight is 303 g/mol. The van der Waals surface area contributed by atoms with Crippen molar-refractivity contribution in [2.75, 3.05) is 32.8 Å². The molecule has 3 nitrogen and oxygen atoms in total. The Bertz CT molecular complexity index is 385. The zero-order chi connectivity index (χ0) is 13.7. The van der Waals surface area contributed by atoms with Gasteiger partial charge in [0.2, 0.25) is 0 Å². The molecule has 0 aromatic carbocycles. The summed E-state index contributed by atoms with van der Waals surface area (Å²) in [6.07, 6.45) is 1.31. The molecule has 5 heteroatoms. The first kappa shape index (κ1) is 15.3. The van der Waals surface area contributed by atoms with Crippen molar-refractivity contribution in [3.05, 3.63) is 21.3 Å². The van der Waals surface area contributed by atoms with Gasteiger partial charge in [0, 0.05) is 18.0 Å². The number of thiophene rings is 1. The summed E-state index contributed by atoms with van der Waals surface area (Å²) in [6.45, 7) is 9.28. The fourth-order valence-electron chi connectivity index (χ4n) is 2.44. The summed E-state index contributed by atoms with van der Waals surface area (Å²) in [5.74, 6) is 0. The summed E-state index contributed by atoms with van der Waals surface area (Å²) >= 11 is 8.02. The molecule has 19 heavy (non-hydrogen) atoms. The number of nitrogens with zero attached hydrogens (tertiary/aromatic N) is 1. The quantitative estimate of drug-likeness (QED) is 0.873. The van der Waals surface area contributed by atoms with Crippen LogP contribution in [0.3, 0.4) is 0 Å². The van der Waals surface area contributed by atoms with Crippen molar-refractivity contribution in [1.29, 1.82) is 0 Å². The normalized spacial score (nSPS) is 22.6. The lowest BCUT2D eigenvalue weighted by atomic mass is 10.1. The van der Waals surface area contributed by atoms with E-state index in [1.807, 2.05) is 6.07 Å². The van der Waals surface area contributed by atoms with Gasteiger partial charge in [0.15, 0.2) is 0 Å². The van der Waals surface area contributed by atoms with Crippen molar-refractivity contribution < 1.29 is 4.74 Å². The summed E-state index contributed by atoms with van der Waals surface area (Å²) in [6, 6.07) is 2.18. The fourth-order valence-corrected chi connectivity index (χ4v) is 3.74. The van der Waals surface area contributed by atoms with E-state index >= 15 is 0 Å². The van der Waals surface area contributed by atoms with Crippen LogP contribution in [0.4, 0.5) is 0 Å². The van der Waals surface area contributed by atoms with E-state index in [2.05, 4.69) is 29.4 Å². The third-order valence-electron chi connectivity index (χ3n) is 3.54. The number of rotatable bonds is 6. The van der Waals surface area contributed by atoms with Crippen LogP contribution in [0.15, 0.2) is 11.4 Å². The van der Waals surface area contributed by atoms with Gasteiger partial charge in [-0.25, -0.2) is 0 Å². The van der Waals surface area contributed by atoms with Gasteiger partial charge >= 0.3 is 0 Å². The van der Waals surface area contributed by atoms with Crippen LogP contribution in [-0.2, 0) is 4.74 Å². The van der Waals surface area contributed by atoms with Gasteiger partial charge in [-0.05, 0) is 31.0 Å². The largest absolute Gasteiger partial charge is 0.374 e. The second kappa shape index (κ2) is 7.60. The van der Waals surface area contributed by atoms with Crippen LogP contribution in [0.25, 0.3) is 0 Å². The summed E-state index contributed by atoms with van der Waals surface area (Å²) < 4.78 is 5.99. The molecular weight excluding hydrogens is 280 g/mol. The highest BCUT2D eigenvalue weighted by molar-refractivity contribution is 7.10. The molecule has 0 bridgehead atoms. The molecule has 1 fully saturated rings. The molecule has 1 saturated heterocycles. The standard InChI is InChI=1S/C14H23ClN2OS/c1-3-6-16-13(14-11(15)5-9-19-14)12-10-17(4-2)7-8-18-12/h5,9,12-13,16H,3-4,6-8,10H2,1-2H3. The van der Waals surface area contributed by atoms with E-state index in [1.54, 1.807) is 11.3 Å². The number of likely N-dealkylation sites (N-methyl/N-ethyl adjacent to an activating group) is 1. The molecule has 2 unspecified atom stereocenters. The predicted octanol–water partition coefficient (Wildman–Crippen LogP) is 3.16. The number of morpholine rings is 1. The average Bonchev–Trinajstić information content (AvgIpc) is 2.86. The molecule has 0 amide bonds. The van der Waals surface area contributed by atoms with Crippen molar-refractivity contribution in [3.63, 3.8) is 0 Å². The van der Waals surface area contributed by atoms with Crippen molar-refractivity contribution >= 4 is 22.9 Å². The maximum absolute atomic E-state index is 6.30. The molecule has 108 valence electrons. The fraction of sp³-hybridized carbons (Fsp3) is 0.714. The molecule has 0 aliphatic carbocycles. The SMILES string of the molecule is CCCNC(c1sccc1Cl)C1CN(CC)CCO1. The monoisotopic (exact) mass is 302 g/mol. The Morgan fingerprint density at radius 2 is 2.42 bits per heavy atom. The first-order chi connectivity index (χ1) is 9.26. The zero-order valence-electron chi connectivity index (χ0n) is 11.7. The van der Waals surface area contributed by atoms with Gasteiger partial charge in [-0.3, -0.25) is 4.90 Å². The van der Waals surface area contributed by atoms with Gasteiger partial charge in [0.25, 0.3) is 0 Å². The highest BCUT2D eigenvalue weighted by Gasteiger charge is 2.30. The van der Waals surface area contributed by atoms with Crippen LogP contribution < -0.4 is 5.32 Å². The lowest BCUT2D eigenvalue weighted by Gasteiger charge is -2.36. The van der Waals surface area contributed by atoms with Gasteiger partial charge in [-0.1, -0.05) is 25.4 Å². The van der Waals surface area contributed by atoms with Crippen LogP contribution in [0, 0.1) is 0 Å². The molecule has 0 spiro atoms. The van der Waals surface area contributed by atoms with E-state index in [-0.39, 0.29) is 12.1 Å². The minimum absolute atomic E-state index is 0.191. The molecule has 2 rings (SSSR count). The molecule has 2 atom stereocenters. The maximum atomic E-state index is 6.30. The molecule has 0 saturated carbocycles. The lowest BCUT2D eigenvalue weighted by molar-refractivity contribution is -0.0449. The third-order valence-corrected chi connectivity index (χ3v) is 4.98. The van der Waals surface area contributed by atoms with E-state index in [4.69, 9.17) is 16.3 Å². The molecule has 2 heterocycles. The zero-order valence-corrected chi connectivity index (χ0v) is 13.3. The predicted molar refractivity (Wildman–Crippen MR) is 82.2 cm³/mol. The van der Waals surface area contributed by atoms with Crippen LogP contribution >= 0.6 is 22.9 Å². The van der Waals surface area contributed by atoms with Crippen molar-refractivity contribution in [3.8, 4) is 0 Å². The number of nitrogens with one attached hydrogen (secondary N) is 1. The number of hydrogen-bond acceptors (Lipinski definition) is 4. The first-order valence-electron chi connectivity index (χ1n) is 7.06. The Labute approximate surface area is 124 Å². The molecule has 1 aliphatic rings. The second-order valence-electron chi connectivity index (χ2n) is 4.87. The Morgan fingerprint density at radius 1 is 1.58 bits per heavy atom. The van der Waals surface area contributed by atoms with Crippen molar-refractivity contribution in [2.45, 2.75) is 32.4 Å². The molecule has 0 radical (unpaired) electrons. The van der Waals surface area contributed by atoms with Gasteiger partial charge in [-0.15, -0.1) is 11.3 Å². The second-order valence-corrected chi connectivity index (χ2v) is 6.22. The Kier molecular flexibility index (Phi) is 6.10. The van der Waals surface area contributed by atoms with Crippen LogP contribution in [-0.4, -0.2) is 43.8 Å². The molecule has 1 aromatic heterocycles. The molecule has 1 aromatic rings. The minimum atomic E-state index is 0.191. The Morgan fingerprint density at radius 3 is 3.05 bits per heavy atom. The van der Waals surface area contributed by atoms with Crippen LogP contribution in [0.1, 0.15) is 31.2 Å². The Balaban J connectivity index is 2.10. The van der Waals surface area contributed by atoms with Gasteiger partial charge < -0.3 is 10.1 Å². The van der Waals surface area contributed by atoms with Gasteiger partial charge in [-0.2, -0.15) is 0 Å². The topological polar surface area (TPSA) is 24.5 Å². The van der Waals surface area contributed by atoms with Crippen LogP contribution in [0.2, 0.25) is 5.02 Å². The third kappa shape index (κ3) is 3.92. The van der Waals surface area contributed by atoms with Crippen LogP contribution in [0.5, 0.6) is 0 Å². The number of hydrogen-bond donors (Lipinski definition) is 1. The lowest BCUT2D eigenvalue weighted by Crippen LogP contribution is -2.48. The van der Waals surface area contributed by atoms with Gasteiger partial charge in [0.1, 0.15) is 0 Å². The smallest absolute Gasteiger partial charge is 0.0905 e. The van der Waals surface area contributed by atoms with Crippen molar-refractivity contribution in [1.82, 2.24) is 10.2 Å². The maximum Gasteiger partial charge on any atom is 0.0905 e. The van der Waals surface area contributed by atoms with E-state index < -0.39 is 0 Å². The first-order valence-corrected chi connectivity index (χ1v) is 8.32.